The standard InChI is InChI=1S/C31H32ClFN4O5/c1-16-19-10-8-12-41-27(19)22(33)13-20(16)26-25(28(30(39)40)42-31(3,4)5)17(2)35-24-14-23(36-37(24)26)29(38)34-15-18-9-6-7-11-21(18)32/h6-7,9,11,13-14,28H,8,10,12,15H2,1-5H3,(H,34,38)(H,39,40)/t28-/m0/s1. The van der Waals surface area contributed by atoms with E-state index < -0.39 is 29.4 Å². The molecule has 0 saturated heterocycles. The number of carbonyl (C=O) groups excluding carboxylic acids is 1. The van der Waals surface area contributed by atoms with E-state index in [0.717, 1.165) is 17.5 Å². The summed E-state index contributed by atoms with van der Waals surface area (Å²) in [4.78, 5) is 30.5. The lowest BCUT2D eigenvalue weighted by atomic mass is 9.91. The molecule has 1 aliphatic heterocycles. The average molecular weight is 595 g/mol. The van der Waals surface area contributed by atoms with Gasteiger partial charge in [-0.25, -0.2) is 18.7 Å². The summed E-state index contributed by atoms with van der Waals surface area (Å²) in [5.74, 6) is -2.08. The number of hydrogen-bond acceptors (Lipinski definition) is 6. The number of ether oxygens (including phenoxy) is 2. The first kappa shape index (κ1) is 29.5. The second kappa shape index (κ2) is 11.3. The summed E-state index contributed by atoms with van der Waals surface area (Å²) >= 11 is 6.24. The summed E-state index contributed by atoms with van der Waals surface area (Å²) in [6.07, 6.45) is -0.130. The van der Waals surface area contributed by atoms with Gasteiger partial charge >= 0.3 is 5.97 Å². The van der Waals surface area contributed by atoms with Crippen LogP contribution in [0.4, 0.5) is 4.39 Å². The maximum atomic E-state index is 15.5. The minimum Gasteiger partial charge on any atom is -0.490 e. The van der Waals surface area contributed by atoms with Gasteiger partial charge in [-0.3, -0.25) is 4.79 Å². The Morgan fingerprint density at radius 2 is 1.98 bits per heavy atom. The zero-order valence-corrected chi connectivity index (χ0v) is 24.8. The zero-order chi connectivity index (χ0) is 30.3. The smallest absolute Gasteiger partial charge is 0.337 e. The van der Waals surface area contributed by atoms with Crippen LogP contribution in [0.5, 0.6) is 5.75 Å². The molecule has 4 aromatic rings. The minimum absolute atomic E-state index is 0.0513. The van der Waals surface area contributed by atoms with Crippen molar-refractivity contribution in [1.29, 1.82) is 0 Å². The predicted octanol–water partition coefficient (Wildman–Crippen LogP) is 6.00. The number of amides is 1. The molecule has 2 aromatic heterocycles. The topological polar surface area (TPSA) is 115 Å². The van der Waals surface area contributed by atoms with E-state index in [1.165, 1.54) is 16.6 Å². The van der Waals surface area contributed by atoms with Crippen molar-refractivity contribution in [3.05, 3.63) is 80.9 Å². The second-order valence-electron chi connectivity index (χ2n) is 11.3. The van der Waals surface area contributed by atoms with Crippen LogP contribution in [0.25, 0.3) is 16.9 Å². The first-order valence-electron chi connectivity index (χ1n) is 13.6. The van der Waals surface area contributed by atoms with Crippen LogP contribution >= 0.6 is 11.6 Å². The highest BCUT2D eigenvalue weighted by atomic mass is 35.5. The van der Waals surface area contributed by atoms with Crippen LogP contribution in [0, 0.1) is 19.7 Å². The number of hydrogen-bond donors (Lipinski definition) is 2. The molecular formula is C31H32ClFN4O5. The highest BCUT2D eigenvalue weighted by Crippen LogP contribution is 2.41. The Morgan fingerprint density at radius 3 is 2.67 bits per heavy atom. The van der Waals surface area contributed by atoms with Crippen LogP contribution in [-0.4, -0.2) is 43.8 Å². The van der Waals surface area contributed by atoms with Crippen molar-refractivity contribution in [3.63, 3.8) is 0 Å². The van der Waals surface area contributed by atoms with Crippen molar-refractivity contribution >= 4 is 29.1 Å². The van der Waals surface area contributed by atoms with Crippen molar-refractivity contribution in [2.24, 2.45) is 0 Å². The molecule has 0 fully saturated rings. The number of rotatable bonds is 7. The fraction of sp³-hybridized carbons (Fsp3) is 0.355. The van der Waals surface area contributed by atoms with Gasteiger partial charge in [-0.05, 0) is 70.7 Å². The maximum absolute atomic E-state index is 15.5. The van der Waals surface area contributed by atoms with E-state index in [9.17, 15) is 14.7 Å². The third-order valence-electron chi connectivity index (χ3n) is 7.11. The van der Waals surface area contributed by atoms with Crippen LogP contribution < -0.4 is 10.1 Å². The molecule has 11 heteroatoms. The number of carboxylic acid groups (broad SMARTS) is 1. The molecule has 0 spiro atoms. The molecule has 220 valence electrons. The highest BCUT2D eigenvalue weighted by Gasteiger charge is 2.35. The van der Waals surface area contributed by atoms with Gasteiger partial charge in [0, 0.05) is 40.0 Å². The van der Waals surface area contributed by atoms with Gasteiger partial charge in [0.05, 0.1) is 17.9 Å². The monoisotopic (exact) mass is 594 g/mol. The summed E-state index contributed by atoms with van der Waals surface area (Å²) in [6.45, 7) is 9.35. The summed E-state index contributed by atoms with van der Waals surface area (Å²) in [5.41, 5.74) is 2.94. The van der Waals surface area contributed by atoms with Crippen molar-refractivity contribution in [1.82, 2.24) is 19.9 Å². The fourth-order valence-electron chi connectivity index (χ4n) is 5.21. The van der Waals surface area contributed by atoms with Crippen LogP contribution in [0.2, 0.25) is 5.02 Å². The molecule has 2 N–H and O–H groups in total. The number of aliphatic carboxylic acids is 1. The number of carboxylic acids is 1. The Hall–Kier alpha value is -4.02. The van der Waals surface area contributed by atoms with E-state index >= 15 is 4.39 Å². The summed E-state index contributed by atoms with van der Waals surface area (Å²) < 4.78 is 28.5. The Kier molecular flexibility index (Phi) is 7.96. The SMILES string of the molecule is Cc1nc2cc(C(=O)NCc3ccccc3Cl)nn2c(-c2cc(F)c3c(c2C)CCCO3)c1[C@H](OC(C)(C)C)C(=O)O. The summed E-state index contributed by atoms with van der Waals surface area (Å²) in [6, 6.07) is 10.00. The molecule has 0 unspecified atom stereocenters. The molecule has 5 rings (SSSR count). The average Bonchev–Trinajstić information content (AvgIpc) is 3.36. The first-order chi connectivity index (χ1) is 19.9. The van der Waals surface area contributed by atoms with Gasteiger partial charge in [-0.2, -0.15) is 5.10 Å². The summed E-state index contributed by atoms with van der Waals surface area (Å²) in [7, 11) is 0. The zero-order valence-electron chi connectivity index (χ0n) is 24.0. The van der Waals surface area contributed by atoms with Crippen molar-refractivity contribution in [2.45, 2.75) is 65.7 Å². The molecule has 1 amide bonds. The number of aromatic nitrogens is 3. The fourth-order valence-corrected chi connectivity index (χ4v) is 5.42. The van der Waals surface area contributed by atoms with E-state index in [-0.39, 0.29) is 29.2 Å². The maximum Gasteiger partial charge on any atom is 0.337 e. The molecule has 1 atom stereocenters. The molecule has 0 aliphatic carbocycles. The van der Waals surface area contributed by atoms with E-state index in [1.807, 2.05) is 13.0 Å². The van der Waals surface area contributed by atoms with Gasteiger partial charge < -0.3 is 19.9 Å². The normalized spacial score (nSPS) is 13.9. The number of benzene rings is 2. The van der Waals surface area contributed by atoms with Gasteiger partial charge in [0.15, 0.2) is 29.0 Å². The molecule has 3 heterocycles. The van der Waals surface area contributed by atoms with Gasteiger partial charge in [0.1, 0.15) is 0 Å². The number of halogens is 2. The lowest BCUT2D eigenvalue weighted by Gasteiger charge is -2.28. The molecule has 0 radical (unpaired) electrons. The molecule has 0 bridgehead atoms. The number of aryl methyl sites for hydroxylation is 1. The van der Waals surface area contributed by atoms with Crippen LogP contribution in [0.15, 0.2) is 36.4 Å². The van der Waals surface area contributed by atoms with Crippen LogP contribution in [0.1, 0.15) is 71.7 Å². The largest absolute Gasteiger partial charge is 0.490 e. The quantitative estimate of drug-likeness (QED) is 0.270. The van der Waals surface area contributed by atoms with E-state index in [0.29, 0.717) is 40.5 Å². The van der Waals surface area contributed by atoms with Gasteiger partial charge in [0.2, 0.25) is 0 Å². The van der Waals surface area contributed by atoms with Crippen molar-refractivity contribution in [3.8, 4) is 17.0 Å². The molecule has 42 heavy (non-hydrogen) atoms. The molecule has 0 saturated carbocycles. The third-order valence-corrected chi connectivity index (χ3v) is 7.48. The highest BCUT2D eigenvalue weighted by molar-refractivity contribution is 6.31. The molecular weight excluding hydrogens is 563 g/mol. The van der Waals surface area contributed by atoms with Gasteiger partial charge in [0.25, 0.3) is 5.91 Å². The van der Waals surface area contributed by atoms with Crippen LogP contribution in [0.3, 0.4) is 0 Å². The van der Waals surface area contributed by atoms with Crippen molar-refractivity contribution in [2.75, 3.05) is 6.61 Å². The molecule has 2 aromatic carbocycles. The Bertz CT molecular complexity index is 1710. The Balaban J connectivity index is 1.71. The number of nitrogens with one attached hydrogen (secondary N) is 1. The van der Waals surface area contributed by atoms with E-state index in [4.69, 9.17) is 21.1 Å². The van der Waals surface area contributed by atoms with Gasteiger partial charge in [-0.15, -0.1) is 0 Å². The first-order valence-corrected chi connectivity index (χ1v) is 14.0. The second-order valence-corrected chi connectivity index (χ2v) is 11.7. The minimum atomic E-state index is -1.45. The van der Waals surface area contributed by atoms with Crippen molar-refractivity contribution < 1.29 is 28.6 Å². The summed E-state index contributed by atoms with van der Waals surface area (Å²) in [5, 5.41) is 18.2. The van der Waals surface area contributed by atoms with E-state index in [2.05, 4.69) is 15.4 Å². The predicted molar refractivity (Wildman–Crippen MR) is 156 cm³/mol. The number of carbonyl (C=O) groups is 2. The lowest BCUT2D eigenvalue weighted by molar-refractivity contribution is -0.160. The molecule has 1 aliphatic rings. The molecule has 9 nitrogen and oxygen atoms in total. The number of fused-ring (bicyclic) bond motifs is 2. The van der Waals surface area contributed by atoms with Crippen LogP contribution in [-0.2, 0) is 22.5 Å². The van der Waals surface area contributed by atoms with E-state index in [1.54, 1.807) is 45.9 Å². The Morgan fingerprint density at radius 1 is 1.24 bits per heavy atom. The lowest BCUT2D eigenvalue weighted by Crippen LogP contribution is -2.29. The third kappa shape index (κ3) is 5.69. The van der Waals surface area contributed by atoms with Gasteiger partial charge in [-0.1, -0.05) is 29.8 Å². The number of nitrogens with zero attached hydrogens (tertiary/aromatic N) is 3. The Labute approximate surface area is 247 Å².